The average Bonchev–Trinajstić information content (AvgIpc) is 4.13. The number of aromatic nitrogens is 4. The fourth-order valence-corrected chi connectivity index (χ4v) is 10.4. The van der Waals surface area contributed by atoms with E-state index < -0.39 is 5.41 Å². The van der Waals surface area contributed by atoms with Crippen LogP contribution in [0.5, 0.6) is 0 Å². The van der Waals surface area contributed by atoms with Crippen molar-refractivity contribution >= 4 is 63.4 Å². The van der Waals surface area contributed by atoms with Gasteiger partial charge in [-0.3, -0.25) is 14.6 Å². The minimum Gasteiger partial charge on any atom is -0.310 e. The molecule has 3 heterocycles. The van der Waals surface area contributed by atoms with Gasteiger partial charge >= 0.3 is 0 Å². The van der Waals surface area contributed by atoms with Crippen molar-refractivity contribution in [2.75, 3.05) is 6.54 Å². The van der Waals surface area contributed by atoms with E-state index in [4.69, 9.17) is 20.0 Å². The number of rotatable bonds is 16. The lowest BCUT2D eigenvalue weighted by Gasteiger charge is -2.43. The minimum absolute atomic E-state index is 0.0806. The van der Waals surface area contributed by atoms with E-state index in [0.717, 1.165) is 78.2 Å². The zero-order valence-corrected chi connectivity index (χ0v) is 44.9. The molecular weight excluding hydrogens is 925 g/mol. The van der Waals surface area contributed by atoms with Crippen molar-refractivity contribution in [3.05, 3.63) is 254 Å². The minimum atomic E-state index is -0.489. The quantitative estimate of drug-likeness (QED) is 0.0419. The van der Waals surface area contributed by atoms with Crippen LogP contribution in [0.2, 0.25) is 0 Å². The molecule has 9 rings (SSSR count). The maximum Gasteiger partial charge on any atom is 0.154 e. The van der Waals surface area contributed by atoms with Gasteiger partial charge in [0.15, 0.2) is 5.82 Å². The molecule has 0 radical (unpaired) electrons. The molecular formula is C70H68N6. The lowest BCUT2D eigenvalue weighted by molar-refractivity contribution is 0.509. The van der Waals surface area contributed by atoms with Gasteiger partial charge in [0.05, 0.1) is 34.7 Å². The second-order valence-electron chi connectivity index (χ2n) is 18.3. The monoisotopic (exact) mass is 993 g/mol. The molecule has 6 heteroatoms. The molecule has 0 saturated carbocycles. The highest BCUT2D eigenvalue weighted by molar-refractivity contribution is 6.26. The van der Waals surface area contributed by atoms with E-state index in [1.54, 1.807) is 25.2 Å². The van der Waals surface area contributed by atoms with Gasteiger partial charge in [-0.2, -0.15) is 0 Å². The van der Waals surface area contributed by atoms with Gasteiger partial charge in [0.2, 0.25) is 0 Å². The molecule has 7 aromatic rings. The zero-order valence-electron chi connectivity index (χ0n) is 44.9. The van der Waals surface area contributed by atoms with Crippen molar-refractivity contribution in [2.24, 2.45) is 9.98 Å². The van der Waals surface area contributed by atoms with Crippen molar-refractivity contribution in [3.63, 3.8) is 0 Å². The third-order valence-corrected chi connectivity index (χ3v) is 13.5. The topological polar surface area (TPSA) is 60.4 Å². The van der Waals surface area contributed by atoms with Gasteiger partial charge in [-0.25, -0.2) is 9.97 Å². The highest BCUT2D eigenvalue weighted by atomic mass is 15.1. The lowest BCUT2D eigenvalue weighted by atomic mass is 9.60. The molecule has 0 N–H and O–H groups in total. The van der Waals surface area contributed by atoms with Crippen LogP contribution in [-0.2, 0) is 5.41 Å². The summed E-state index contributed by atoms with van der Waals surface area (Å²) < 4.78 is 4.78. The first-order valence-electron chi connectivity index (χ1n) is 25.7. The van der Waals surface area contributed by atoms with Gasteiger partial charge in [0, 0.05) is 68.7 Å². The molecule has 2 aliphatic rings. The van der Waals surface area contributed by atoms with Crippen LogP contribution in [0.3, 0.4) is 0 Å². The number of para-hydroxylation sites is 1. The summed E-state index contributed by atoms with van der Waals surface area (Å²) in [4.78, 5) is 20.3. The van der Waals surface area contributed by atoms with Gasteiger partial charge in [0.25, 0.3) is 0 Å². The molecule has 0 bridgehead atoms. The molecule has 6 nitrogen and oxygen atoms in total. The second-order valence-corrected chi connectivity index (χ2v) is 18.3. The van der Waals surface area contributed by atoms with E-state index in [2.05, 4.69) is 190 Å². The van der Waals surface area contributed by atoms with Crippen molar-refractivity contribution in [2.45, 2.75) is 59.3 Å². The zero-order chi connectivity index (χ0) is 54.2. The Labute approximate surface area is 450 Å². The van der Waals surface area contributed by atoms with Crippen LogP contribution in [0.25, 0.3) is 78.6 Å². The van der Waals surface area contributed by atoms with E-state index in [1.807, 2.05) is 87.7 Å². The molecule has 378 valence electrons. The van der Waals surface area contributed by atoms with Gasteiger partial charge in [-0.1, -0.05) is 203 Å². The fraction of sp³-hybridized carbons (Fsp3) is 0.143. The van der Waals surface area contributed by atoms with Crippen molar-refractivity contribution in [1.82, 2.24) is 19.1 Å². The Balaban J connectivity index is 0.00000134. The molecule has 0 fully saturated rings. The SMILES string of the molecule is C#CC.C=C/C=C\C(=C/C)CN=C/C(=C(/C/C=C\C=C/C)N=C)n1c(/C=C\C=C)c(C)c2c1C1C=CC=C[C@@]1(C)c1c-2c2c3ccccc3n(-c3cc(-c4ccccc4)nc(/C=C/C=C)n3)c2c2ccccc12.C=CC. The summed E-state index contributed by atoms with van der Waals surface area (Å²) in [7, 11) is 0. The number of hydrogen-bond acceptors (Lipinski definition) is 4. The number of aliphatic imine (C=N–C) groups is 2. The van der Waals surface area contributed by atoms with Gasteiger partial charge < -0.3 is 4.57 Å². The van der Waals surface area contributed by atoms with E-state index in [-0.39, 0.29) is 5.92 Å². The highest BCUT2D eigenvalue weighted by Gasteiger charge is 2.47. The third-order valence-electron chi connectivity index (χ3n) is 13.5. The fourth-order valence-electron chi connectivity index (χ4n) is 10.4. The molecule has 4 aromatic carbocycles. The van der Waals surface area contributed by atoms with Gasteiger partial charge in [0.1, 0.15) is 5.82 Å². The number of allylic oxidation sites excluding steroid dienone is 17. The number of fused-ring (bicyclic) bond motifs is 13. The van der Waals surface area contributed by atoms with E-state index in [1.165, 1.54) is 22.1 Å². The number of terminal acetylenes is 1. The first-order chi connectivity index (χ1) is 37.2. The average molecular weight is 993 g/mol. The summed E-state index contributed by atoms with van der Waals surface area (Å²) in [5.74, 6) is 3.54. The van der Waals surface area contributed by atoms with Crippen molar-refractivity contribution in [1.29, 1.82) is 0 Å². The summed E-state index contributed by atoms with van der Waals surface area (Å²) in [5, 5.41) is 4.64. The number of benzene rings is 4. The predicted molar refractivity (Wildman–Crippen MR) is 332 cm³/mol. The molecule has 0 spiro atoms. The summed E-state index contributed by atoms with van der Waals surface area (Å²) in [6, 6.07) is 30.1. The van der Waals surface area contributed by atoms with E-state index in [9.17, 15) is 0 Å². The van der Waals surface area contributed by atoms with Gasteiger partial charge in [-0.05, 0) is 87.2 Å². The second kappa shape index (κ2) is 25.7. The Morgan fingerprint density at radius 1 is 0.816 bits per heavy atom. The maximum absolute atomic E-state index is 5.32. The molecule has 0 saturated heterocycles. The van der Waals surface area contributed by atoms with E-state index >= 15 is 0 Å². The Bertz CT molecular complexity index is 3710. The molecule has 2 aliphatic carbocycles. The predicted octanol–water partition coefficient (Wildman–Crippen LogP) is 18.0. The molecule has 3 aromatic heterocycles. The van der Waals surface area contributed by atoms with Crippen LogP contribution in [-0.4, -0.2) is 38.6 Å². The summed E-state index contributed by atoms with van der Waals surface area (Å²) in [6.45, 7) is 32.3. The van der Waals surface area contributed by atoms with Crippen molar-refractivity contribution < 1.29 is 0 Å². The van der Waals surface area contributed by atoms with Crippen LogP contribution in [0.4, 0.5) is 0 Å². The summed E-state index contributed by atoms with van der Waals surface area (Å²) in [6.07, 6.45) is 45.8. The Morgan fingerprint density at radius 3 is 2.17 bits per heavy atom. The first kappa shape index (κ1) is 54.6. The van der Waals surface area contributed by atoms with Crippen LogP contribution >= 0.6 is 0 Å². The van der Waals surface area contributed by atoms with E-state index in [0.29, 0.717) is 18.8 Å². The normalized spacial score (nSPS) is 16.2. The molecule has 0 aliphatic heterocycles. The third kappa shape index (κ3) is 10.7. The van der Waals surface area contributed by atoms with Crippen LogP contribution < -0.4 is 0 Å². The van der Waals surface area contributed by atoms with Gasteiger partial charge in [-0.15, -0.1) is 18.9 Å². The number of nitrogens with zero attached hydrogens (tertiary/aromatic N) is 6. The standard InChI is InChI=1S/C64H58N6.C3H6.C3H4/c1-9-14-18-22-36-51(65-8)55(43-66-42-45(13-5)29-15-10-2)69-53(37-16-11-3)44(6)58-60-59-49-34-25-26-38-54(49)70(57-41-52(46-30-20-19-21-31-46)67-56(68-57)39-17-12-4)62(59)48-33-24-23-32-47(48)61(60)64(7)40-28-27-35-50(64)63(58)69;2*1-3-2/h9-35,37-41,43,50H,2-4,8,36,42H2,1,5-7H3;3H,1H2,2H3;1H,2H3/b14-9-,22-18-,29-15-,37-16-,39-17+,45-13+,55-51+,66-43?;;/t50?,64-;;/m1../s1. The Hall–Kier alpha value is -9.18. The van der Waals surface area contributed by atoms with Crippen LogP contribution in [0, 0.1) is 19.3 Å². The van der Waals surface area contributed by atoms with Crippen LogP contribution in [0.1, 0.15) is 75.3 Å². The molecule has 2 atom stereocenters. The molecule has 0 amide bonds. The largest absolute Gasteiger partial charge is 0.310 e. The van der Waals surface area contributed by atoms with Crippen LogP contribution in [0.15, 0.2) is 236 Å². The summed E-state index contributed by atoms with van der Waals surface area (Å²) >= 11 is 0. The number of hydrogen-bond donors (Lipinski definition) is 0. The molecule has 76 heavy (non-hydrogen) atoms. The smallest absolute Gasteiger partial charge is 0.154 e. The first-order valence-corrected chi connectivity index (χ1v) is 25.7. The molecule has 1 unspecified atom stereocenters. The maximum atomic E-state index is 5.32. The Morgan fingerprint density at radius 2 is 1.49 bits per heavy atom. The lowest BCUT2D eigenvalue weighted by Crippen LogP contribution is -2.34. The highest BCUT2D eigenvalue weighted by Crippen LogP contribution is 2.61. The Kier molecular flexibility index (Phi) is 18.4. The summed E-state index contributed by atoms with van der Waals surface area (Å²) in [5.41, 5.74) is 13.2. The van der Waals surface area contributed by atoms with Crippen molar-refractivity contribution in [3.8, 4) is 40.5 Å².